The fourth-order valence-corrected chi connectivity index (χ4v) is 5.84. The molecular weight excluding hydrogens is 620 g/mol. The summed E-state index contributed by atoms with van der Waals surface area (Å²) < 4.78 is 5.21. The topological polar surface area (TPSA) is 141 Å². The van der Waals surface area contributed by atoms with E-state index < -0.39 is 12.1 Å². The third kappa shape index (κ3) is 16.3. The van der Waals surface area contributed by atoms with Crippen LogP contribution in [0.15, 0.2) is 60.7 Å². The molecule has 0 saturated heterocycles. The molecule has 1 aromatic rings. The van der Waals surface area contributed by atoms with Crippen molar-refractivity contribution in [2.45, 2.75) is 88.8 Å². The van der Waals surface area contributed by atoms with E-state index in [2.05, 4.69) is 45.3 Å². The Balaban J connectivity index is 1.92. The lowest BCUT2D eigenvalue weighted by atomic mass is 9.92. The van der Waals surface area contributed by atoms with Crippen molar-refractivity contribution in [3.8, 4) is 5.75 Å². The standard InChI is InChI=1S/C38H60N6O5/c1-6-7-14-24-41-38(48)42-27-31(34(28-45)43-36(46)33(39-2)26-30-15-10-8-11-16-30)17-12-9-13-18-35(44(3)4)37(47)40-25-23-29-19-21-32(49-5)22-20-29/h6,10,15-16,19-22,28,31,33-35,39H,1,7-9,11-14,17-18,23-27H2,2-5H3,(H,40,47)(H,43,46)(H2,41,42,48). The first-order valence-corrected chi connectivity index (χ1v) is 17.7. The molecular formula is C38H60N6O5. The van der Waals surface area contributed by atoms with E-state index in [-0.39, 0.29) is 36.3 Å². The van der Waals surface area contributed by atoms with Crippen molar-refractivity contribution < 1.29 is 23.9 Å². The van der Waals surface area contributed by atoms with Crippen LogP contribution in [0, 0.1) is 5.92 Å². The molecule has 1 aromatic carbocycles. The number of unbranched alkanes of at least 4 members (excludes halogenated alkanes) is 3. The van der Waals surface area contributed by atoms with Crippen LogP contribution in [0.1, 0.15) is 69.8 Å². The van der Waals surface area contributed by atoms with Crippen molar-refractivity contribution in [3.63, 3.8) is 0 Å². The van der Waals surface area contributed by atoms with E-state index in [0.717, 1.165) is 74.5 Å². The van der Waals surface area contributed by atoms with Crippen LogP contribution in [0.4, 0.5) is 4.79 Å². The van der Waals surface area contributed by atoms with Crippen LogP contribution >= 0.6 is 0 Å². The van der Waals surface area contributed by atoms with E-state index in [1.165, 1.54) is 0 Å². The van der Waals surface area contributed by atoms with Crippen LogP contribution in [0.3, 0.4) is 0 Å². The first-order chi connectivity index (χ1) is 23.7. The summed E-state index contributed by atoms with van der Waals surface area (Å²) in [6, 6.07) is 6.03. The summed E-state index contributed by atoms with van der Waals surface area (Å²) in [6.07, 6.45) is 17.4. The lowest BCUT2D eigenvalue weighted by Gasteiger charge is -2.27. The van der Waals surface area contributed by atoms with Gasteiger partial charge in [0, 0.05) is 25.6 Å². The van der Waals surface area contributed by atoms with Crippen LogP contribution in [-0.2, 0) is 20.8 Å². The second kappa shape index (κ2) is 24.2. The number of nitrogens with zero attached hydrogens (tertiary/aromatic N) is 1. The average Bonchev–Trinajstić information content (AvgIpc) is 3.11. The summed E-state index contributed by atoms with van der Waals surface area (Å²) in [4.78, 5) is 53.1. The average molecular weight is 681 g/mol. The number of carbonyl (C=O) groups excluding carboxylic acids is 4. The summed E-state index contributed by atoms with van der Waals surface area (Å²) in [7, 11) is 7.20. The second-order valence-electron chi connectivity index (χ2n) is 12.8. The Morgan fingerprint density at radius 2 is 1.71 bits per heavy atom. The van der Waals surface area contributed by atoms with Gasteiger partial charge in [-0.05, 0) is 90.2 Å². The molecule has 0 spiro atoms. The SMILES string of the molecule is C=CCCCNC(=O)NCC(CCCCCC(C(=O)NCCc1ccc(OC)cc1)N(C)C)C(C=O)NC(=O)C(CC1=CCCC=C1)NC. The Kier molecular flexibility index (Phi) is 20.4. The highest BCUT2D eigenvalue weighted by atomic mass is 16.5. The van der Waals surface area contributed by atoms with Crippen LogP contribution < -0.4 is 31.3 Å². The monoisotopic (exact) mass is 680 g/mol. The second-order valence-corrected chi connectivity index (χ2v) is 12.8. The number of nitrogens with one attached hydrogen (secondary N) is 5. The molecule has 0 aliphatic heterocycles. The Bertz CT molecular complexity index is 1220. The van der Waals surface area contributed by atoms with Crippen LogP contribution in [0.2, 0.25) is 0 Å². The summed E-state index contributed by atoms with van der Waals surface area (Å²) in [5, 5.41) is 14.8. The number of carbonyl (C=O) groups is 4. The number of benzene rings is 1. The lowest BCUT2D eigenvalue weighted by Crippen LogP contribution is -2.52. The van der Waals surface area contributed by atoms with Crippen molar-refractivity contribution in [2.75, 3.05) is 47.9 Å². The number of methoxy groups -OCH3 is 1. The molecule has 0 bridgehead atoms. The summed E-state index contributed by atoms with van der Waals surface area (Å²) in [5.74, 6) is 0.267. The molecule has 4 atom stereocenters. The highest BCUT2D eigenvalue weighted by Crippen LogP contribution is 2.18. The van der Waals surface area contributed by atoms with Crippen molar-refractivity contribution in [1.82, 2.24) is 31.5 Å². The van der Waals surface area contributed by atoms with E-state index in [9.17, 15) is 19.2 Å². The molecule has 4 unspecified atom stereocenters. The van der Waals surface area contributed by atoms with Gasteiger partial charge >= 0.3 is 6.03 Å². The molecule has 272 valence electrons. The van der Waals surface area contributed by atoms with Gasteiger partial charge in [-0.1, -0.05) is 61.3 Å². The van der Waals surface area contributed by atoms with E-state index in [1.54, 1.807) is 14.2 Å². The number of rotatable bonds is 25. The minimum atomic E-state index is -0.758. The van der Waals surface area contributed by atoms with Gasteiger partial charge in [-0.25, -0.2) is 4.79 Å². The first kappa shape index (κ1) is 41.2. The number of amides is 4. The maximum Gasteiger partial charge on any atom is 0.314 e. The Morgan fingerprint density at radius 1 is 0.959 bits per heavy atom. The summed E-state index contributed by atoms with van der Waals surface area (Å²) in [5.41, 5.74) is 2.22. The van der Waals surface area contributed by atoms with Gasteiger partial charge in [0.05, 0.1) is 25.2 Å². The highest BCUT2D eigenvalue weighted by molar-refractivity contribution is 5.85. The molecule has 0 heterocycles. The number of hydrogen-bond donors (Lipinski definition) is 5. The van der Waals surface area contributed by atoms with Crippen molar-refractivity contribution in [2.24, 2.45) is 5.92 Å². The fraction of sp³-hybridized carbons (Fsp3) is 0.579. The molecule has 5 N–H and O–H groups in total. The van der Waals surface area contributed by atoms with E-state index >= 15 is 0 Å². The third-order valence-corrected chi connectivity index (χ3v) is 8.89. The molecule has 11 heteroatoms. The number of hydrogen-bond acceptors (Lipinski definition) is 7. The number of aldehydes is 1. The molecule has 4 amide bonds. The minimum Gasteiger partial charge on any atom is -0.497 e. The zero-order chi connectivity index (χ0) is 35.9. The van der Waals surface area contributed by atoms with Crippen molar-refractivity contribution in [1.29, 1.82) is 0 Å². The zero-order valence-corrected chi connectivity index (χ0v) is 30.1. The van der Waals surface area contributed by atoms with Gasteiger partial charge in [0.2, 0.25) is 11.8 Å². The molecule has 11 nitrogen and oxygen atoms in total. The molecule has 0 fully saturated rings. The summed E-state index contributed by atoms with van der Waals surface area (Å²) in [6.45, 7) is 5.01. The van der Waals surface area contributed by atoms with Crippen molar-refractivity contribution >= 4 is 24.1 Å². The fourth-order valence-electron chi connectivity index (χ4n) is 5.84. The van der Waals surface area contributed by atoms with E-state index in [0.29, 0.717) is 32.4 Å². The predicted molar refractivity (Wildman–Crippen MR) is 197 cm³/mol. The maximum atomic E-state index is 13.3. The highest BCUT2D eigenvalue weighted by Gasteiger charge is 2.27. The predicted octanol–water partition coefficient (Wildman–Crippen LogP) is 4.05. The normalized spacial score (nSPS) is 14.9. The molecule has 2 rings (SSSR count). The van der Waals surface area contributed by atoms with Crippen LogP contribution in [0.5, 0.6) is 5.75 Å². The molecule has 1 aliphatic rings. The van der Waals surface area contributed by atoms with Gasteiger partial charge in [0.15, 0.2) is 0 Å². The molecule has 49 heavy (non-hydrogen) atoms. The Labute approximate surface area is 293 Å². The first-order valence-electron chi connectivity index (χ1n) is 17.7. The van der Waals surface area contributed by atoms with E-state index in [1.807, 2.05) is 55.4 Å². The lowest BCUT2D eigenvalue weighted by molar-refractivity contribution is -0.126. The van der Waals surface area contributed by atoms with Crippen molar-refractivity contribution in [3.05, 3.63) is 66.3 Å². The van der Waals surface area contributed by atoms with Gasteiger partial charge in [-0.15, -0.1) is 6.58 Å². The number of allylic oxidation sites excluding steroid dienone is 4. The van der Waals surface area contributed by atoms with Crippen LogP contribution in [0.25, 0.3) is 0 Å². The number of ether oxygens (including phenoxy) is 1. The largest absolute Gasteiger partial charge is 0.497 e. The zero-order valence-electron chi connectivity index (χ0n) is 30.1. The third-order valence-electron chi connectivity index (χ3n) is 8.89. The summed E-state index contributed by atoms with van der Waals surface area (Å²) >= 11 is 0. The molecule has 0 aromatic heterocycles. The quantitative estimate of drug-likeness (QED) is 0.0596. The number of likely N-dealkylation sites (N-methyl/N-ethyl adjacent to an activating group) is 2. The number of urea groups is 1. The Morgan fingerprint density at radius 3 is 2.35 bits per heavy atom. The van der Waals surface area contributed by atoms with Crippen LogP contribution in [-0.4, -0.2) is 95.0 Å². The van der Waals surface area contributed by atoms with Gasteiger partial charge in [-0.2, -0.15) is 0 Å². The van der Waals surface area contributed by atoms with Gasteiger partial charge in [-0.3, -0.25) is 14.5 Å². The van der Waals surface area contributed by atoms with Gasteiger partial charge in [0.1, 0.15) is 12.0 Å². The molecule has 0 radical (unpaired) electrons. The molecule has 1 aliphatic carbocycles. The van der Waals surface area contributed by atoms with E-state index in [4.69, 9.17) is 4.74 Å². The Hall–Kier alpha value is -3.96. The smallest absolute Gasteiger partial charge is 0.314 e. The minimum absolute atomic E-state index is 0.00184. The maximum absolute atomic E-state index is 13.3. The van der Waals surface area contributed by atoms with Gasteiger partial charge < -0.3 is 36.1 Å². The molecule has 0 saturated carbocycles. The van der Waals surface area contributed by atoms with Gasteiger partial charge in [0.25, 0.3) is 0 Å².